The van der Waals surface area contributed by atoms with Crippen LogP contribution in [0.3, 0.4) is 0 Å². The second-order valence-electron chi connectivity index (χ2n) is 7.02. The molecule has 1 amide bonds. The molecule has 1 saturated carbocycles. The van der Waals surface area contributed by atoms with E-state index in [1.165, 1.54) is 24.5 Å². The minimum Gasteiger partial charge on any atom is -0.341 e. The summed E-state index contributed by atoms with van der Waals surface area (Å²) in [6, 6.07) is 7.40. The molecule has 2 N–H and O–H groups in total. The molecule has 0 spiro atoms. The van der Waals surface area contributed by atoms with E-state index in [2.05, 4.69) is 25.3 Å². The van der Waals surface area contributed by atoms with Gasteiger partial charge in [-0.2, -0.15) is 13.2 Å². The second kappa shape index (κ2) is 7.36. The molecule has 0 saturated heterocycles. The molecule has 1 aromatic carbocycles. The number of alkyl halides is 3. The largest absolute Gasteiger partial charge is 0.416 e. The third-order valence-electron chi connectivity index (χ3n) is 5.08. The lowest BCUT2D eigenvalue weighted by molar-refractivity contribution is -0.137. The van der Waals surface area contributed by atoms with Crippen LogP contribution in [0, 0.1) is 0 Å². The molecule has 0 atom stereocenters. The number of nitrogens with one attached hydrogen (secondary N) is 2. The van der Waals surface area contributed by atoms with E-state index in [1.807, 2.05) is 0 Å². The number of hydrogen-bond acceptors (Lipinski definition) is 5. The summed E-state index contributed by atoms with van der Waals surface area (Å²) in [4.78, 5) is 39.5. The summed E-state index contributed by atoms with van der Waals surface area (Å²) < 4.78 is 38.5. The van der Waals surface area contributed by atoms with Gasteiger partial charge >= 0.3 is 6.18 Å². The molecule has 4 rings (SSSR count). The van der Waals surface area contributed by atoms with Crippen molar-refractivity contribution < 1.29 is 18.0 Å². The van der Waals surface area contributed by atoms with Crippen LogP contribution >= 0.6 is 0 Å². The second-order valence-corrected chi connectivity index (χ2v) is 7.02. The lowest BCUT2D eigenvalue weighted by atomic mass is 9.71. The summed E-state index contributed by atoms with van der Waals surface area (Å²) in [6.07, 6.45) is 0.475. The normalized spacial score (nSPS) is 15.3. The summed E-state index contributed by atoms with van der Waals surface area (Å²) >= 11 is 0. The monoisotopic (exact) mass is 415 g/mol. The first kappa shape index (κ1) is 19.7. The van der Waals surface area contributed by atoms with Gasteiger partial charge in [0.05, 0.1) is 11.1 Å². The van der Waals surface area contributed by atoms with Gasteiger partial charge in [-0.3, -0.25) is 9.59 Å². The van der Waals surface area contributed by atoms with Crippen molar-refractivity contribution in [3.63, 3.8) is 0 Å². The quantitative estimate of drug-likeness (QED) is 0.682. The number of rotatable bonds is 4. The van der Waals surface area contributed by atoms with E-state index in [4.69, 9.17) is 0 Å². The summed E-state index contributed by atoms with van der Waals surface area (Å²) in [5.74, 6) is -0.395. The molecule has 30 heavy (non-hydrogen) atoms. The Bertz CT molecular complexity index is 1120. The van der Waals surface area contributed by atoms with E-state index in [-0.39, 0.29) is 17.3 Å². The molecule has 2 aromatic heterocycles. The summed E-state index contributed by atoms with van der Waals surface area (Å²) in [5.41, 5.74) is -1.65. The van der Waals surface area contributed by atoms with E-state index < -0.39 is 28.7 Å². The number of H-pyrrole nitrogens is 1. The van der Waals surface area contributed by atoms with Crippen LogP contribution in [-0.2, 0) is 11.7 Å². The van der Waals surface area contributed by atoms with Gasteiger partial charge in [-0.25, -0.2) is 15.0 Å². The first-order valence-electron chi connectivity index (χ1n) is 9.16. The van der Waals surface area contributed by atoms with Crippen molar-refractivity contribution in [2.24, 2.45) is 0 Å². The van der Waals surface area contributed by atoms with Gasteiger partial charge in [-0.15, -0.1) is 0 Å². The Morgan fingerprint density at radius 2 is 1.77 bits per heavy atom. The Hall–Kier alpha value is -3.56. The Labute approximate surface area is 168 Å². The van der Waals surface area contributed by atoms with Crippen LogP contribution in [0.4, 0.5) is 13.2 Å². The number of carbonyl (C=O) groups is 1. The number of carbonyl (C=O) groups excluding carboxylic acids is 1. The van der Waals surface area contributed by atoms with Crippen LogP contribution in [0.1, 0.15) is 40.9 Å². The maximum atomic E-state index is 12.8. The van der Waals surface area contributed by atoms with Crippen molar-refractivity contribution in [2.45, 2.75) is 31.0 Å². The predicted molar refractivity (Wildman–Crippen MR) is 100 cm³/mol. The van der Waals surface area contributed by atoms with Crippen LogP contribution in [0.5, 0.6) is 0 Å². The Morgan fingerprint density at radius 3 is 2.33 bits per heavy atom. The van der Waals surface area contributed by atoms with Crippen LogP contribution < -0.4 is 10.9 Å². The highest BCUT2D eigenvalue weighted by Crippen LogP contribution is 2.42. The SMILES string of the molecule is O=C(NC1(c2ccc(C(F)(F)F)cc2)CCC1)c1cc(=O)[nH]c(-c2ncccn2)n1. The topological polar surface area (TPSA) is 101 Å². The van der Waals surface area contributed by atoms with Crippen molar-refractivity contribution in [3.05, 3.63) is 76.0 Å². The molecule has 1 aliphatic rings. The molecule has 0 aliphatic heterocycles. The third kappa shape index (κ3) is 3.80. The van der Waals surface area contributed by atoms with Crippen molar-refractivity contribution in [3.8, 4) is 11.6 Å². The zero-order chi connectivity index (χ0) is 21.4. The van der Waals surface area contributed by atoms with Gasteiger partial charge in [-0.05, 0) is 43.0 Å². The van der Waals surface area contributed by atoms with Crippen molar-refractivity contribution in [1.82, 2.24) is 25.3 Å². The Morgan fingerprint density at radius 1 is 1.10 bits per heavy atom. The van der Waals surface area contributed by atoms with Gasteiger partial charge in [0.25, 0.3) is 11.5 Å². The van der Waals surface area contributed by atoms with Gasteiger partial charge in [0.1, 0.15) is 5.69 Å². The smallest absolute Gasteiger partial charge is 0.341 e. The van der Waals surface area contributed by atoms with Crippen molar-refractivity contribution >= 4 is 5.91 Å². The first-order chi connectivity index (χ1) is 14.3. The zero-order valence-corrected chi connectivity index (χ0v) is 15.5. The highest BCUT2D eigenvalue weighted by Gasteiger charge is 2.41. The molecular formula is C20H16F3N5O2. The molecule has 154 valence electrons. The fraction of sp³-hybridized carbons (Fsp3) is 0.250. The molecule has 7 nitrogen and oxygen atoms in total. The maximum absolute atomic E-state index is 12.8. The number of nitrogens with zero attached hydrogens (tertiary/aromatic N) is 3. The molecule has 10 heteroatoms. The van der Waals surface area contributed by atoms with E-state index in [9.17, 15) is 22.8 Å². The molecule has 1 aliphatic carbocycles. The number of aromatic amines is 1. The minimum absolute atomic E-state index is 0.0467. The lowest BCUT2D eigenvalue weighted by Gasteiger charge is -2.43. The molecule has 2 heterocycles. The van der Waals surface area contributed by atoms with Gasteiger partial charge in [0.2, 0.25) is 0 Å². The molecule has 0 unspecified atom stereocenters. The van der Waals surface area contributed by atoms with E-state index in [0.29, 0.717) is 18.4 Å². The fourth-order valence-electron chi connectivity index (χ4n) is 3.38. The number of hydrogen-bond donors (Lipinski definition) is 2. The predicted octanol–water partition coefficient (Wildman–Crippen LogP) is 3.05. The van der Waals surface area contributed by atoms with Crippen LogP contribution in [0.15, 0.2) is 53.6 Å². The number of amides is 1. The van der Waals surface area contributed by atoms with Crippen LogP contribution in [-0.4, -0.2) is 25.8 Å². The number of halogens is 3. The highest BCUT2D eigenvalue weighted by atomic mass is 19.4. The molecule has 0 radical (unpaired) electrons. The zero-order valence-electron chi connectivity index (χ0n) is 15.5. The molecule has 1 fully saturated rings. The fourth-order valence-corrected chi connectivity index (χ4v) is 3.38. The molecular weight excluding hydrogens is 399 g/mol. The summed E-state index contributed by atoms with van der Waals surface area (Å²) in [7, 11) is 0. The van der Waals surface area contributed by atoms with Gasteiger partial charge in [0.15, 0.2) is 11.6 Å². The molecule has 0 bridgehead atoms. The average Bonchev–Trinajstić information content (AvgIpc) is 2.70. The Kier molecular flexibility index (Phi) is 4.84. The van der Waals surface area contributed by atoms with Gasteiger partial charge in [0, 0.05) is 18.5 Å². The summed E-state index contributed by atoms with van der Waals surface area (Å²) in [5, 5.41) is 2.85. The first-order valence-corrected chi connectivity index (χ1v) is 9.16. The standard InChI is InChI=1S/C20H16F3N5O2/c21-20(22,23)13-5-3-12(4-6-13)19(7-1-8-19)28-18(30)14-11-15(29)27-17(26-14)16-24-9-2-10-25-16/h2-6,9-11H,1,7-8H2,(H,28,30)(H,26,27,29). The summed E-state index contributed by atoms with van der Waals surface area (Å²) in [6.45, 7) is 0. The molecule has 3 aromatic rings. The van der Waals surface area contributed by atoms with E-state index in [1.54, 1.807) is 6.07 Å². The van der Waals surface area contributed by atoms with Crippen molar-refractivity contribution in [1.29, 1.82) is 0 Å². The van der Waals surface area contributed by atoms with Gasteiger partial charge < -0.3 is 10.3 Å². The Balaban J connectivity index is 1.61. The van der Waals surface area contributed by atoms with Crippen LogP contribution in [0.25, 0.3) is 11.6 Å². The van der Waals surface area contributed by atoms with Gasteiger partial charge in [-0.1, -0.05) is 12.1 Å². The lowest BCUT2D eigenvalue weighted by Crippen LogP contribution is -2.51. The number of aromatic nitrogens is 4. The maximum Gasteiger partial charge on any atom is 0.416 e. The van der Waals surface area contributed by atoms with Crippen molar-refractivity contribution in [2.75, 3.05) is 0 Å². The number of benzene rings is 1. The third-order valence-corrected chi connectivity index (χ3v) is 5.08. The van der Waals surface area contributed by atoms with Crippen LogP contribution in [0.2, 0.25) is 0 Å². The van der Waals surface area contributed by atoms with E-state index >= 15 is 0 Å². The average molecular weight is 415 g/mol. The van der Waals surface area contributed by atoms with E-state index in [0.717, 1.165) is 24.6 Å². The minimum atomic E-state index is -4.43. The highest BCUT2D eigenvalue weighted by molar-refractivity contribution is 5.93.